The van der Waals surface area contributed by atoms with Gasteiger partial charge in [-0.05, 0) is 18.6 Å². The van der Waals surface area contributed by atoms with E-state index >= 15 is 0 Å². The van der Waals surface area contributed by atoms with Gasteiger partial charge < -0.3 is 9.47 Å². The fourth-order valence-corrected chi connectivity index (χ4v) is 1.34. The van der Waals surface area contributed by atoms with Gasteiger partial charge in [-0.15, -0.1) is 13.2 Å². The first kappa shape index (κ1) is 13.3. The Balaban J connectivity index is 3.04. The van der Waals surface area contributed by atoms with Crippen LogP contribution in [0, 0.1) is 6.92 Å². The fraction of sp³-hybridized carbons (Fsp3) is 0.364. The summed E-state index contributed by atoms with van der Waals surface area (Å²) in [4.78, 5) is 11.1. The first-order valence-electron chi connectivity index (χ1n) is 4.74. The van der Waals surface area contributed by atoms with E-state index < -0.39 is 12.3 Å². The molecule has 0 N–H and O–H groups in total. The standard InChI is InChI=1S/C11H11F3O3/c1-7-4-3-5-9(17-11(12,13)14)8(7)6-10(15)16-2/h3-5H,6H2,1-2H3. The summed E-state index contributed by atoms with van der Waals surface area (Å²) in [6, 6.07) is 4.19. The predicted molar refractivity (Wildman–Crippen MR) is 53.6 cm³/mol. The second kappa shape index (κ2) is 5.07. The van der Waals surface area contributed by atoms with Gasteiger partial charge in [-0.3, -0.25) is 4.79 Å². The van der Waals surface area contributed by atoms with Crippen molar-refractivity contribution in [3.05, 3.63) is 29.3 Å². The van der Waals surface area contributed by atoms with E-state index in [-0.39, 0.29) is 17.7 Å². The number of alkyl halides is 3. The summed E-state index contributed by atoms with van der Waals surface area (Å²) in [5.41, 5.74) is 0.717. The van der Waals surface area contributed by atoms with Crippen LogP contribution in [0.5, 0.6) is 5.75 Å². The smallest absolute Gasteiger partial charge is 0.469 e. The molecule has 6 heteroatoms. The van der Waals surface area contributed by atoms with Crippen molar-refractivity contribution in [1.82, 2.24) is 0 Å². The van der Waals surface area contributed by atoms with E-state index in [1.54, 1.807) is 13.0 Å². The van der Waals surface area contributed by atoms with Crippen LogP contribution in [0.15, 0.2) is 18.2 Å². The third-order valence-electron chi connectivity index (χ3n) is 2.14. The van der Waals surface area contributed by atoms with Crippen LogP contribution in [-0.4, -0.2) is 19.4 Å². The van der Waals surface area contributed by atoms with E-state index in [1.807, 2.05) is 0 Å². The van der Waals surface area contributed by atoms with Crippen molar-refractivity contribution in [1.29, 1.82) is 0 Å². The highest BCUT2D eigenvalue weighted by Crippen LogP contribution is 2.28. The van der Waals surface area contributed by atoms with Crippen LogP contribution in [-0.2, 0) is 16.0 Å². The molecule has 0 fully saturated rings. The SMILES string of the molecule is COC(=O)Cc1c(C)cccc1OC(F)(F)F. The number of ether oxygens (including phenoxy) is 2. The highest BCUT2D eigenvalue weighted by Gasteiger charge is 2.32. The molecule has 0 amide bonds. The molecule has 94 valence electrons. The number of hydrogen-bond acceptors (Lipinski definition) is 3. The molecule has 17 heavy (non-hydrogen) atoms. The summed E-state index contributed by atoms with van der Waals surface area (Å²) in [6.07, 6.45) is -5.03. The van der Waals surface area contributed by atoms with E-state index in [4.69, 9.17) is 0 Å². The van der Waals surface area contributed by atoms with Crippen LogP contribution in [0.3, 0.4) is 0 Å². The zero-order valence-corrected chi connectivity index (χ0v) is 9.30. The lowest BCUT2D eigenvalue weighted by Crippen LogP contribution is -2.19. The van der Waals surface area contributed by atoms with Gasteiger partial charge in [0.25, 0.3) is 0 Å². The minimum absolute atomic E-state index is 0.177. The fourth-order valence-electron chi connectivity index (χ4n) is 1.34. The van der Waals surface area contributed by atoms with Gasteiger partial charge >= 0.3 is 12.3 Å². The molecule has 0 aliphatic rings. The number of methoxy groups -OCH3 is 1. The van der Waals surface area contributed by atoms with E-state index in [0.717, 1.165) is 0 Å². The minimum Gasteiger partial charge on any atom is -0.469 e. The summed E-state index contributed by atoms with van der Waals surface area (Å²) >= 11 is 0. The number of hydrogen-bond donors (Lipinski definition) is 0. The molecule has 0 unspecified atom stereocenters. The Bertz CT molecular complexity index is 413. The third kappa shape index (κ3) is 3.97. The molecule has 0 atom stereocenters. The molecule has 0 radical (unpaired) electrons. The van der Waals surface area contributed by atoms with E-state index in [0.29, 0.717) is 5.56 Å². The molecule has 1 rings (SSSR count). The first-order valence-corrected chi connectivity index (χ1v) is 4.74. The Labute approximate surface area is 96.1 Å². The van der Waals surface area contributed by atoms with Gasteiger partial charge in [0.2, 0.25) is 0 Å². The lowest BCUT2D eigenvalue weighted by atomic mass is 10.0. The molecule has 0 bridgehead atoms. The average molecular weight is 248 g/mol. The molecule has 0 spiro atoms. The minimum atomic E-state index is -4.78. The molecule has 3 nitrogen and oxygen atoms in total. The quantitative estimate of drug-likeness (QED) is 0.771. The van der Waals surface area contributed by atoms with Crippen molar-refractivity contribution in [2.75, 3.05) is 7.11 Å². The molecule has 0 saturated carbocycles. The third-order valence-corrected chi connectivity index (χ3v) is 2.14. The lowest BCUT2D eigenvalue weighted by Gasteiger charge is -2.14. The normalized spacial score (nSPS) is 11.1. The molecule has 0 heterocycles. The Morgan fingerprint density at radius 3 is 2.53 bits per heavy atom. The average Bonchev–Trinajstić information content (AvgIpc) is 2.20. The van der Waals surface area contributed by atoms with Crippen molar-refractivity contribution in [3.8, 4) is 5.75 Å². The number of carbonyl (C=O) groups excluding carboxylic acids is 1. The van der Waals surface area contributed by atoms with Crippen LogP contribution < -0.4 is 4.74 Å². The molecule has 0 aliphatic heterocycles. The second-order valence-electron chi connectivity index (χ2n) is 3.35. The first-order chi connectivity index (χ1) is 7.83. The number of halogens is 3. The van der Waals surface area contributed by atoms with Crippen LogP contribution in [0.4, 0.5) is 13.2 Å². The zero-order chi connectivity index (χ0) is 13.1. The molecule has 1 aromatic carbocycles. The highest BCUT2D eigenvalue weighted by atomic mass is 19.4. The summed E-state index contributed by atoms with van der Waals surface area (Å²) in [7, 11) is 1.17. The van der Waals surface area contributed by atoms with Gasteiger partial charge in [-0.2, -0.15) is 0 Å². The maximum absolute atomic E-state index is 12.1. The molecular formula is C11H11F3O3. The van der Waals surface area contributed by atoms with E-state index in [1.165, 1.54) is 19.2 Å². The van der Waals surface area contributed by atoms with Gasteiger partial charge in [0.1, 0.15) is 5.75 Å². The van der Waals surface area contributed by atoms with Gasteiger partial charge in [0.05, 0.1) is 13.5 Å². The lowest BCUT2D eigenvalue weighted by molar-refractivity contribution is -0.274. The van der Waals surface area contributed by atoms with E-state index in [2.05, 4.69) is 9.47 Å². The van der Waals surface area contributed by atoms with Crippen LogP contribution >= 0.6 is 0 Å². The van der Waals surface area contributed by atoms with Gasteiger partial charge in [0.15, 0.2) is 0 Å². The van der Waals surface area contributed by atoms with Gasteiger partial charge in [-0.1, -0.05) is 12.1 Å². The number of aryl methyl sites for hydroxylation is 1. The molecule has 0 aliphatic carbocycles. The second-order valence-corrected chi connectivity index (χ2v) is 3.35. The summed E-state index contributed by atoms with van der Waals surface area (Å²) in [5.74, 6) is -0.991. The summed E-state index contributed by atoms with van der Waals surface area (Å²) in [6.45, 7) is 1.60. The van der Waals surface area contributed by atoms with Crippen molar-refractivity contribution >= 4 is 5.97 Å². The highest BCUT2D eigenvalue weighted by molar-refractivity contribution is 5.74. The molecular weight excluding hydrogens is 237 g/mol. The molecule has 0 saturated heterocycles. The Morgan fingerprint density at radius 2 is 2.00 bits per heavy atom. The molecule has 1 aromatic rings. The van der Waals surface area contributed by atoms with Crippen molar-refractivity contribution in [2.24, 2.45) is 0 Å². The number of esters is 1. The topological polar surface area (TPSA) is 35.5 Å². The van der Waals surface area contributed by atoms with Crippen molar-refractivity contribution in [2.45, 2.75) is 19.7 Å². The Morgan fingerprint density at radius 1 is 1.35 bits per heavy atom. The monoisotopic (exact) mass is 248 g/mol. The van der Waals surface area contributed by atoms with Crippen LogP contribution in [0.25, 0.3) is 0 Å². The Hall–Kier alpha value is -1.72. The van der Waals surface area contributed by atoms with Crippen LogP contribution in [0.1, 0.15) is 11.1 Å². The van der Waals surface area contributed by atoms with E-state index in [9.17, 15) is 18.0 Å². The van der Waals surface area contributed by atoms with Crippen molar-refractivity contribution in [3.63, 3.8) is 0 Å². The largest absolute Gasteiger partial charge is 0.573 e. The summed E-state index contributed by atoms with van der Waals surface area (Å²) < 4.78 is 44.7. The predicted octanol–water partition coefficient (Wildman–Crippen LogP) is 2.61. The molecule has 0 aromatic heterocycles. The van der Waals surface area contributed by atoms with Crippen LogP contribution in [0.2, 0.25) is 0 Å². The number of benzene rings is 1. The van der Waals surface area contributed by atoms with Gasteiger partial charge in [-0.25, -0.2) is 0 Å². The van der Waals surface area contributed by atoms with Crippen molar-refractivity contribution < 1.29 is 27.4 Å². The summed E-state index contributed by atoms with van der Waals surface area (Å²) in [5, 5.41) is 0. The Kier molecular flexibility index (Phi) is 3.98. The maximum Gasteiger partial charge on any atom is 0.573 e. The maximum atomic E-state index is 12.1. The number of carbonyl (C=O) groups is 1. The zero-order valence-electron chi connectivity index (χ0n) is 9.30. The van der Waals surface area contributed by atoms with Gasteiger partial charge in [0, 0.05) is 5.56 Å². The number of rotatable bonds is 3.